The highest BCUT2D eigenvalue weighted by molar-refractivity contribution is 7.11. The number of carbonyl (C=O) groups excluding carboxylic acids is 1. The number of carbonyl (C=O) groups is 1. The largest absolute Gasteiger partial charge is 0.493 e. The van der Waals surface area contributed by atoms with Gasteiger partial charge in [-0.05, 0) is 23.8 Å². The topological polar surface area (TPSA) is 47.6 Å². The number of methoxy groups -OCH3 is 1. The quantitative estimate of drug-likeness (QED) is 0.539. The molecule has 1 N–H and O–H groups in total. The van der Waals surface area contributed by atoms with Crippen LogP contribution in [0.5, 0.6) is 11.5 Å². The van der Waals surface area contributed by atoms with Crippen LogP contribution in [0.2, 0.25) is 0 Å². The minimum absolute atomic E-state index is 0.0931. The fourth-order valence-corrected chi connectivity index (χ4v) is 4.69. The van der Waals surface area contributed by atoms with Gasteiger partial charge in [0.25, 0.3) is 0 Å². The Bertz CT molecular complexity index is 1080. The standard InChI is InChI=1S/C23H20FNO3S/c1-3-10-28-19-9-8-14(11-20(19)27-2)16-12-21(26)25-22-17(13-29-23(16)22)15-6-4-5-7-18(15)24/h3-9,11,13,16H,1,10,12H2,2H3,(H,25,26)/t16-/m1/s1. The van der Waals surface area contributed by atoms with Crippen molar-refractivity contribution >= 4 is 22.9 Å². The smallest absolute Gasteiger partial charge is 0.225 e. The van der Waals surface area contributed by atoms with Crippen LogP contribution >= 0.6 is 11.3 Å². The molecule has 0 saturated heterocycles. The summed E-state index contributed by atoms with van der Waals surface area (Å²) in [5.74, 6) is 0.684. The number of fused-ring (bicyclic) bond motifs is 1. The first-order valence-corrected chi connectivity index (χ1v) is 10.1. The molecular formula is C23H20FNO3S. The van der Waals surface area contributed by atoms with Crippen LogP contribution in [0.4, 0.5) is 10.1 Å². The summed E-state index contributed by atoms with van der Waals surface area (Å²) in [7, 11) is 1.58. The molecule has 0 fully saturated rings. The van der Waals surface area contributed by atoms with Crippen molar-refractivity contribution in [2.45, 2.75) is 12.3 Å². The van der Waals surface area contributed by atoms with Crippen molar-refractivity contribution in [2.24, 2.45) is 0 Å². The number of rotatable bonds is 6. The Morgan fingerprint density at radius 1 is 1.24 bits per heavy atom. The van der Waals surface area contributed by atoms with E-state index in [0.29, 0.717) is 41.3 Å². The predicted octanol–water partition coefficient (Wildman–Crippen LogP) is 5.60. The van der Waals surface area contributed by atoms with Gasteiger partial charge in [-0.2, -0.15) is 0 Å². The molecule has 2 aromatic carbocycles. The third kappa shape index (κ3) is 3.63. The molecule has 4 nitrogen and oxygen atoms in total. The molecule has 3 aromatic rings. The van der Waals surface area contributed by atoms with Crippen molar-refractivity contribution < 1.29 is 18.7 Å². The SMILES string of the molecule is C=CCOc1ccc([C@H]2CC(=O)Nc3c(-c4ccccc4F)csc32)cc1OC. The molecule has 1 aliphatic rings. The summed E-state index contributed by atoms with van der Waals surface area (Å²) < 4.78 is 25.4. The average Bonchev–Trinajstić information content (AvgIpc) is 3.15. The third-order valence-electron chi connectivity index (χ3n) is 4.90. The van der Waals surface area contributed by atoms with Gasteiger partial charge in [0.1, 0.15) is 12.4 Å². The average molecular weight is 409 g/mol. The molecule has 0 aliphatic carbocycles. The van der Waals surface area contributed by atoms with Crippen molar-refractivity contribution in [3.8, 4) is 22.6 Å². The molecule has 1 amide bonds. The number of benzene rings is 2. The molecule has 29 heavy (non-hydrogen) atoms. The van der Waals surface area contributed by atoms with E-state index in [-0.39, 0.29) is 17.6 Å². The summed E-state index contributed by atoms with van der Waals surface area (Å²) in [6.07, 6.45) is 1.99. The zero-order valence-corrected chi connectivity index (χ0v) is 16.7. The lowest BCUT2D eigenvalue weighted by Gasteiger charge is -2.24. The lowest BCUT2D eigenvalue weighted by Crippen LogP contribution is -2.22. The molecular weight excluding hydrogens is 389 g/mol. The Morgan fingerprint density at radius 3 is 2.83 bits per heavy atom. The first-order valence-electron chi connectivity index (χ1n) is 9.20. The second-order valence-corrected chi connectivity index (χ2v) is 7.59. The highest BCUT2D eigenvalue weighted by Crippen LogP contribution is 2.47. The van der Waals surface area contributed by atoms with Gasteiger partial charge in [-0.1, -0.05) is 36.9 Å². The summed E-state index contributed by atoms with van der Waals surface area (Å²) >= 11 is 1.53. The van der Waals surface area contributed by atoms with Crippen LogP contribution in [0.15, 0.2) is 60.5 Å². The lowest BCUT2D eigenvalue weighted by atomic mass is 9.89. The van der Waals surface area contributed by atoms with Crippen molar-refractivity contribution in [3.05, 3.63) is 76.8 Å². The van der Waals surface area contributed by atoms with Crippen molar-refractivity contribution in [1.29, 1.82) is 0 Å². The van der Waals surface area contributed by atoms with Gasteiger partial charge < -0.3 is 14.8 Å². The highest BCUT2D eigenvalue weighted by Gasteiger charge is 2.31. The number of thiophene rings is 1. The van der Waals surface area contributed by atoms with E-state index in [9.17, 15) is 9.18 Å². The van der Waals surface area contributed by atoms with Gasteiger partial charge in [0, 0.05) is 33.7 Å². The van der Waals surface area contributed by atoms with E-state index in [2.05, 4.69) is 11.9 Å². The van der Waals surface area contributed by atoms with Crippen LogP contribution < -0.4 is 14.8 Å². The monoisotopic (exact) mass is 409 g/mol. The zero-order chi connectivity index (χ0) is 20.4. The highest BCUT2D eigenvalue weighted by atomic mass is 32.1. The Labute approximate surface area is 172 Å². The normalized spacial score (nSPS) is 15.4. The van der Waals surface area contributed by atoms with Crippen molar-refractivity contribution in [2.75, 3.05) is 19.0 Å². The maximum absolute atomic E-state index is 14.3. The maximum Gasteiger partial charge on any atom is 0.225 e. The molecule has 0 spiro atoms. The second-order valence-electron chi connectivity index (χ2n) is 6.68. The number of amides is 1. The third-order valence-corrected chi connectivity index (χ3v) is 6.00. The van der Waals surface area contributed by atoms with E-state index in [1.54, 1.807) is 31.4 Å². The van der Waals surface area contributed by atoms with Gasteiger partial charge in [-0.15, -0.1) is 11.3 Å². The van der Waals surface area contributed by atoms with Gasteiger partial charge >= 0.3 is 0 Å². The Hall–Kier alpha value is -3.12. The molecule has 1 aliphatic heterocycles. The molecule has 1 aromatic heterocycles. The first-order chi connectivity index (χ1) is 14.1. The second kappa shape index (κ2) is 8.09. The van der Waals surface area contributed by atoms with Crippen LogP contribution in [0.3, 0.4) is 0 Å². The van der Waals surface area contributed by atoms with Crippen LogP contribution in [0, 0.1) is 5.82 Å². The number of nitrogens with one attached hydrogen (secondary N) is 1. The molecule has 0 saturated carbocycles. The molecule has 0 unspecified atom stereocenters. The summed E-state index contributed by atoms with van der Waals surface area (Å²) in [6, 6.07) is 12.3. The first kappa shape index (κ1) is 19.2. The summed E-state index contributed by atoms with van der Waals surface area (Å²) in [4.78, 5) is 13.5. The fraction of sp³-hybridized carbons (Fsp3) is 0.174. The lowest BCUT2D eigenvalue weighted by molar-refractivity contribution is -0.116. The Balaban J connectivity index is 1.76. The Morgan fingerprint density at radius 2 is 2.07 bits per heavy atom. The minimum Gasteiger partial charge on any atom is -0.493 e. The van der Waals surface area contributed by atoms with E-state index in [1.807, 2.05) is 23.6 Å². The van der Waals surface area contributed by atoms with E-state index in [0.717, 1.165) is 10.4 Å². The van der Waals surface area contributed by atoms with E-state index in [1.165, 1.54) is 17.4 Å². The molecule has 148 valence electrons. The summed E-state index contributed by atoms with van der Waals surface area (Å²) in [5, 5.41) is 4.84. The van der Waals surface area contributed by atoms with Gasteiger partial charge in [-0.25, -0.2) is 4.39 Å². The maximum atomic E-state index is 14.3. The van der Waals surface area contributed by atoms with E-state index >= 15 is 0 Å². The van der Waals surface area contributed by atoms with Crippen LogP contribution in [-0.2, 0) is 4.79 Å². The van der Waals surface area contributed by atoms with Crippen molar-refractivity contribution in [1.82, 2.24) is 0 Å². The predicted molar refractivity (Wildman–Crippen MR) is 113 cm³/mol. The van der Waals surface area contributed by atoms with E-state index < -0.39 is 0 Å². The van der Waals surface area contributed by atoms with Crippen molar-refractivity contribution in [3.63, 3.8) is 0 Å². The molecule has 0 radical (unpaired) electrons. The summed E-state index contributed by atoms with van der Waals surface area (Å²) in [6.45, 7) is 4.03. The number of halogens is 1. The molecule has 6 heteroatoms. The van der Waals surface area contributed by atoms with E-state index in [4.69, 9.17) is 9.47 Å². The van der Waals surface area contributed by atoms with Gasteiger partial charge in [0.2, 0.25) is 5.91 Å². The zero-order valence-electron chi connectivity index (χ0n) is 15.9. The molecule has 0 bridgehead atoms. The molecule has 4 rings (SSSR count). The van der Waals surface area contributed by atoms with Crippen LogP contribution in [0.1, 0.15) is 22.8 Å². The number of ether oxygens (including phenoxy) is 2. The van der Waals surface area contributed by atoms with Gasteiger partial charge in [0.05, 0.1) is 12.8 Å². The number of hydrogen-bond acceptors (Lipinski definition) is 4. The van der Waals surface area contributed by atoms with Crippen LogP contribution in [0.25, 0.3) is 11.1 Å². The Kier molecular flexibility index (Phi) is 5.36. The van der Waals surface area contributed by atoms with Gasteiger partial charge in [0.15, 0.2) is 11.5 Å². The molecule has 1 atom stereocenters. The minimum atomic E-state index is -0.310. The number of anilines is 1. The van der Waals surface area contributed by atoms with Crippen LogP contribution in [-0.4, -0.2) is 19.6 Å². The molecule has 2 heterocycles. The fourth-order valence-electron chi connectivity index (χ4n) is 3.54. The van der Waals surface area contributed by atoms with Gasteiger partial charge in [-0.3, -0.25) is 4.79 Å². The summed E-state index contributed by atoms with van der Waals surface area (Å²) in [5.41, 5.74) is 2.83. The number of hydrogen-bond donors (Lipinski definition) is 1.